The minimum Gasteiger partial charge on any atom is -0.494 e. The average molecular weight is 374 g/mol. The molecule has 7 heteroatoms. The van der Waals surface area contributed by atoms with Gasteiger partial charge in [-0.1, -0.05) is 35.6 Å². The van der Waals surface area contributed by atoms with Gasteiger partial charge in [-0.15, -0.1) is 11.0 Å². The molecule has 0 N–H and O–H groups in total. The summed E-state index contributed by atoms with van der Waals surface area (Å²) >= 11 is 1.31. The van der Waals surface area contributed by atoms with E-state index in [1.165, 1.54) is 23.5 Å². The maximum Gasteiger partial charge on any atom is 0.285 e. The summed E-state index contributed by atoms with van der Waals surface area (Å²) in [5, 5.41) is 0. The number of allylic oxidation sites excluding steroid dienone is 1. The van der Waals surface area contributed by atoms with Crippen LogP contribution >= 0.6 is 11.3 Å². The van der Waals surface area contributed by atoms with Crippen molar-refractivity contribution < 1.29 is 13.2 Å². The summed E-state index contributed by atoms with van der Waals surface area (Å²) in [6.07, 6.45) is 1.72. The van der Waals surface area contributed by atoms with Crippen molar-refractivity contribution >= 4 is 31.6 Å². The predicted octanol–water partition coefficient (Wildman–Crippen LogP) is 3.58. The summed E-state index contributed by atoms with van der Waals surface area (Å²) in [5.41, 5.74) is 0.898. The van der Waals surface area contributed by atoms with E-state index < -0.39 is 10.0 Å². The smallest absolute Gasteiger partial charge is 0.285 e. The maximum absolute atomic E-state index is 12.6. The van der Waals surface area contributed by atoms with Crippen molar-refractivity contribution in [3.05, 3.63) is 66.0 Å². The lowest BCUT2D eigenvalue weighted by Crippen LogP contribution is -2.16. The molecule has 0 aliphatic heterocycles. The molecule has 0 saturated heterocycles. The molecular weight excluding hydrogens is 356 g/mol. The number of nitrogens with zero attached hydrogens (tertiary/aromatic N) is 2. The fourth-order valence-corrected chi connectivity index (χ4v) is 4.73. The summed E-state index contributed by atoms with van der Waals surface area (Å²) in [5.74, 6) is 0.750. The van der Waals surface area contributed by atoms with Crippen LogP contribution in [0.5, 0.6) is 5.75 Å². The summed E-state index contributed by atoms with van der Waals surface area (Å²) < 4.78 is 37.5. The molecule has 3 rings (SSSR count). The normalized spacial score (nSPS) is 12.4. The summed E-state index contributed by atoms with van der Waals surface area (Å²) in [4.78, 5) is 0.583. The van der Waals surface area contributed by atoms with Crippen molar-refractivity contribution in [2.75, 3.05) is 6.61 Å². The van der Waals surface area contributed by atoms with E-state index in [0.717, 1.165) is 16.0 Å². The number of hydrogen-bond acceptors (Lipinski definition) is 4. The Morgan fingerprint density at radius 2 is 2.00 bits per heavy atom. The first-order chi connectivity index (χ1) is 12.0. The summed E-state index contributed by atoms with van der Waals surface area (Å²) in [7, 11) is -3.77. The van der Waals surface area contributed by atoms with Gasteiger partial charge in [0, 0.05) is 6.54 Å². The summed E-state index contributed by atoms with van der Waals surface area (Å²) in [6.45, 7) is 6.72. The molecule has 5 nitrogen and oxygen atoms in total. The van der Waals surface area contributed by atoms with E-state index in [1.54, 1.807) is 24.3 Å². The number of benzene rings is 2. The van der Waals surface area contributed by atoms with E-state index in [1.807, 2.05) is 29.7 Å². The molecule has 0 fully saturated rings. The number of thiazole rings is 1. The molecule has 0 unspecified atom stereocenters. The third kappa shape index (κ3) is 3.67. The molecule has 130 valence electrons. The molecule has 1 aromatic heterocycles. The second-order valence-electron chi connectivity index (χ2n) is 5.23. The predicted molar refractivity (Wildman–Crippen MR) is 100 cm³/mol. The molecule has 0 spiro atoms. The van der Waals surface area contributed by atoms with Gasteiger partial charge in [0.25, 0.3) is 10.0 Å². The molecule has 0 saturated carbocycles. The number of aromatic nitrogens is 1. The minimum absolute atomic E-state index is 0.174. The monoisotopic (exact) mass is 374 g/mol. The molecule has 0 atom stereocenters. The highest BCUT2D eigenvalue weighted by atomic mass is 32.2. The first-order valence-corrected chi connectivity index (χ1v) is 10.0. The topological polar surface area (TPSA) is 60.7 Å². The Morgan fingerprint density at radius 3 is 2.68 bits per heavy atom. The Balaban J connectivity index is 2.20. The molecular formula is C18H18N2O3S2. The highest BCUT2D eigenvalue weighted by molar-refractivity contribution is 7.90. The van der Waals surface area contributed by atoms with Crippen molar-refractivity contribution in [1.29, 1.82) is 0 Å². The SMILES string of the molecule is C=CCn1c(=NS(=O)(=O)c2ccccc2)sc2cc(OCC)ccc21. The lowest BCUT2D eigenvalue weighted by Gasteiger charge is -2.04. The van der Waals surface area contributed by atoms with E-state index in [2.05, 4.69) is 11.0 Å². The Hall–Kier alpha value is -2.38. The molecule has 25 heavy (non-hydrogen) atoms. The molecule has 0 aliphatic rings. The average Bonchev–Trinajstić information content (AvgIpc) is 2.92. The molecule has 3 aromatic rings. The molecule has 0 radical (unpaired) electrons. The number of fused-ring (bicyclic) bond motifs is 1. The Labute approximate surface area is 150 Å². The summed E-state index contributed by atoms with van der Waals surface area (Å²) in [6, 6.07) is 13.9. The van der Waals surface area contributed by atoms with Gasteiger partial charge < -0.3 is 9.30 Å². The largest absolute Gasteiger partial charge is 0.494 e. The van der Waals surface area contributed by atoms with Crippen LogP contribution in [-0.4, -0.2) is 19.6 Å². The van der Waals surface area contributed by atoms with E-state index in [-0.39, 0.29) is 4.90 Å². The van der Waals surface area contributed by atoms with Gasteiger partial charge in [-0.3, -0.25) is 0 Å². The highest BCUT2D eigenvalue weighted by Crippen LogP contribution is 2.24. The Kier molecular flexibility index (Phi) is 5.06. The van der Waals surface area contributed by atoms with Crippen LogP contribution in [0.4, 0.5) is 0 Å². The molecule has 0 aliphatic carbocycles. The van der Waals surface area contributed by atoms with Gasteiger partial charge in [-0.25, -0.2) is 0 Å². The third-order valence-electron chi connectivity index (χ3n) is 3.52. The van der Waals surface area contributed by atoms with Crippen molar-refractivity contribution in [2.24, 2.45) is 4.40 Å². The Morgan fingerprint density at radius 1 is 1.24 bits per heavy atom. The van der Waals surface area contributed by atoms with Crippen LogP contribution in [0.1, 0.15) is 6.92 Å². The zero-order valence-electron chi connectivity index (χ0n) is 13.8. The standard InChI is InChI=1S/C18H18N2O3S2/c1-3-12-20-16-11-10-14(23-4-2)13-17(16)24-18(20)19-25(21,22)15-8-6-5-7-9-15/h3,5-11,13H,1,4,12H2,2H3. The Bertz CT molecular complexity index is 1060. The number of rotatable bonds is 6. The van der Waals surface area contributed by atoms with E-state index in [0.29, 0.717) is 18.0 Å². The van der Waals surface area contributed by atoms with Crippen LogP contribution < -0.4 is 9.54 Å². The van der Waals surface area contributed by atoms with Crippen molar-refractivity contribution in [1.82, 2.24) is 4.57 Å². The third-order valence-corrected chi connectivity index (χ3v) is 5.95. The van der Waals surface area contributed by atoms with Gasteiger partial charge in [0.05, 0.1) is 21.7 Å². The fourth-order valence-electron chi connectivity index (χ4n) is 2.43. The molecule has 1 heterocycles. The van der Waals surface area contributed by atoms with Gasteiger partial charge in [0.15, 0.2) is 0 Å². The van der Waals surface area contributed by atoms with Gasteiger partial charge in [-0.2, -0.15) is 8.42 Å². The van der Waals surface area contributed by atoms with Crippen LogP contribution in [0.3, 0.4) is 0 Å². The second-order valence-corrected chi connectivity index (χ2v) is 7.84. The van der Waals surface area contributed by atoms with Crippen LogP contribution in [0.15, 0.2) is 70.5 Å². The number of hydrogen-bond donors (Lipinski definition) is 0. The highest BCUT2D eigenvalue weighted by Gasteiger charge is 2.14. The van der Waals surface area contributed by atoms with Gasteiger partial charge >= 0.3 is 0 Å². The zero-order valence-corrected chi connectivity index (χ0v) is 15.4. The van der Waals surface area contributed by atoms with Gasteiger partial charge in [-0.05, 0) is 37.3 Å². The van der Waals surface area contributed by atoms with Crippen LogP contribution in [0, 0.1) is 0 Å². The fraction of sp³-hybridized carbons (Fsp3) is 0.167. The lowest BCUT2D eigenvalue weighted by atomic mass is 10.3. The van der Waals surface area contributed by atoms with Gasteiger partial charge in [0.1, 0.15) is 5.75 Å². The van der Waals surface area contributed by atoms with Crippen LogP contribution in [0.2, 0.25) is 0 Å². The van der Waals surface area contributed by atoms with Crippen molar-refractivity contribution in [3.63, 3.8) is 0 Å². The van der Waals surface area contributed by atoms with Crippen molar-refractivity contribution in [2.45, 2.75) is 18.4 Å². The second kappa shape index (κ2) is 7.25. The van der Waals surface area contributed by atoms with Crippen molar-refractivity contribution in [3.8, 4) is 5.75 Å². The number of ether oxygens (including phenoxy) is 1. The molecule has 0 amide bonds. The van der Waals surface area contributed by atoms with Gasteiger partial charge in [0.2, 0.25) is 4.80 Å². The van der Waals surface area contributed by atoms with E-state index in [4.69, 9.17) is 4.74 Å². The van der Waals surface area contributed by atoms with Crippen LogP contribution in [0.25, 0.3) is 10.2 Å². The van der Waals surface area contributed by atoms with E-state index >= 15 is 0 Å². The molecule has 0 bridgehead atoms. The maximum atomic E-state index is 12.6. The van der Waals surface area contributed by atoms with E-state index in [9.17, 15) is 8.42 Å². The lowest BCUT2D eigenvalue weighted by molar-refractivity contribution is 0.341. The number of sulfonamides is 1. The quantitative estimate of drug-likeness (QED) is 0.620. The zero-order chi connectivity index (χ0) is 17.9. The molecule has 2 aromatic carbocycles. The first kappa shape index (κ1) is 17.4. The van der Waals surface area contributed by atoms with Crippen LogP contribution in [-0.2, 0) is 16.6 Å². The minimum atomic E-state index is -3.77. The first-order valence-electron chi connectivity index (χ1n) is 7.78.